The van der Waals surface area contributed by atoms with Gasteiger partial charge in [0.1, 0.15) is 0 Å². The molecule has 0 saturated carbocycles. The summed E-state index contributed by atoms with van der Waals surface area (Å²) in [7, 11) is 0. The van der Waals surface area contributed by atoms with E-state index in [9.17, 15) is 14.4 Å². The third-order valence-electron chi connectivity index (χ3n) is 1.79. The lowest BCUT2D eigenvalue weighted by Crippen LogP contribution is -2.12. The molecule has 3 N–H and O–H groups in total. The third kappa shape index (κ3) is 3.78. The van der Waals surface area contributed by atoms with Crippen LogP contribution in [0.2, 0.25) is 0 Å². The largest absolute Gasteiger partial charge is 0.478 e. The SMILES string of the molecule is O=C(O)/C=C\C(=O)Nc1ccccc1C(=O)O. The van der Waals surface area contributed by atoms with Crippen molar-refractivity contribution in [3.63, 3.8) is 0 Å². The van der Waals surface area contributed by atoms with E-state index in [1.807, 2.05) is 0 Å². The molecule has 1 amide bonds. The van der Waals surface area contributed by atoms with Crippen LogP contribution in [0.15, 0.2) is 36.4 Å². The summed E-state index contributed by atoms with van der Waals surface area (Å²) in [5.74, 6) is -3.14. The summed E-state index contributed by atoms with van der Waals surface area (Å²) in [4.78, 5) is 32.2. The molecule has 0 bridgehead atoms. The first-order chi connectivity index (χ1) is 8.00. The van der Waals surface area contributed by atoms with Gasteiger partial charge in [0.25, 0.3) is 0 Å². The third-order valence-corrected chi connectivity index (χ3v) is 1.79. The molecule has 0 saturated heterocycles. The lowest BCUT2D eigenvalue weighted by molar-refractivity contribution is -0.131. The molecule has 0 atom stereocenters. The first-order valence-corrected chi connectivity index (χ1v) is 4.55. The lowest BCUT2D eigenvalue weighted by Gasteiger charge is -2.05. The van der Waals surface area contributed by atoms with Crippen LogP contribution in [0, 0.1) is 0 Å². The molecular formula is C11H9NO5. The fraction of sp³-hybridized carbons (Fsp3) is 0. The molecule has 1 rings (SSSR count). The average Bonchev–Trinajstić information content (AvgIpc) is 2.27. The van der Waals surface area contributed by atoms with Crippen LogP contribution in [0.5, 0.6) is 0 Å². The predicted molar refractivity (Wildman–Crippen MR) is 58.8 cm³/mol. The second-order valence-electron chi connectivity index (χ2n) is 3.01. The molecule has 0 heterocycles. The Morgan fingerprint density at radius 2 is 1.71 bits per heavy atom. The number of benzene rings is 1. The van der Waals surface area contributed by atoms with Gasteiger partial charge in [0, 0.05) is 12.2 Å². The molecule has 88 valence electrons. The second kappa shape index (κ2) is 5.45. The quantitative estimate of drug-likeness (QED) is 0.674. The molecule has 6 nitrogen and oxygen atoms in total. The number of amides is 1. The minimum absolute atomic E-state index is 0.0652. The van der Waals surface area contributed by atoms with Crippen molar-refractivity contribution >= 4 is 23.5 Å². The van der Waals surface area contributed by atoms with Crippen molar-refractivity contribution in [3.05, 3.63) is 42.0 Å². The van der Waals surface area contributed by atoms with E-state index in [-0.39, 0.29) is 11.3 Å². The number of hydrogen-bond donors (Lipinski definition) is 3. The maximum Gasteiger partial charge on any atom is 0.337 e. The first kappa shape index (κ1) is 12.4. The molecule has 0 fully saturated rings. The van der Waals surface area contributed by atoms with Gasteiger partial charge in [-0.25, -0.2) is 9.59 Å². The number of carboxylic acid groups (broad SMARTS) is 2. The number of carbonyl (C=O) groups is 3. The van der Waals surface area contributed by atoms with Crippen molar-refractivity contribution in [1.82, 2.24) is 0 Å². The Hall–Kier alpha value is -2.63. The van der Waals surface area contributed by atoms with Gasteiger partial charge in [0.15, 0.2) is 0 Å². The lowest BCUT2D eigenvalue weighted by atomic mass is 10.2. The van der Waals surface area contributed by atoms with Gasteiger partial charge < -0.3 is 15.5 Å². The van der Waals surface area contributed by atoms with Crippen molar-refractivity contribution in [2.45, 2.75) is 0 Å². The summed E-state index contributed by atoms with van der Waals surface area (Å²) in [6.07, 6.45) is 1.47. The number of nitrogens with one attached hydrogen (secondary N) is 1. The predicted octanol–water partition coefficient (Wildman–Crippen LogP) is 0.964. The van der Waals surface area contributed by atoms with Crippen LogP contribution in [-0.2, 0) is 9.59 Å². The smallest absolute Gasteiger partial charge is 0.337 e. The summed E-state index contributed by atoms with van der Waals surface area (Å²) >= 11 is 0. The fourth-order valence-electron chi connectivity index (χ4n) is 1.10. The Balaban J connectivity index is 2.85. The Labute approximate surface area is 96.2 Å². The molecule has 0 aliphatic heterocycles. The van der Waals surface area contributed by atoms with E-state index < -0.39 is 17.8 Å². The first-order valence-electron chi connectivity index (χ1n) is 4.55. The van der Waals surface area contributed by atoms with Crippen molar-refractivity contribution in [2.24, 2.45) is 0 Å². The fourth-order valence-corrected chi connectivity index (χ4v) is 1.10. The molecule has 0 radical (unpaired) electrons. The zero-order valence-corrected chi connectivity index (χ0v) is 8.58. The monoisotopic (exact) mass is 235 g/mol. The highest BCUT2D eigenvalue weighted by atomic mass is 16.4. The van der Waals surface area contributed by atoms with Gasteiger partial charge in [-0.3, -0.25) is 4.79 Å². The molecule has 0 aliphatic carbocycles. The highest BCUT2D eigenvalue weighted by Crippen LogP contribution is 2.14. The number of para-hydroxylation sites is 1. The van der Waals surface area contributed by atoms with E-state index in [0.29, 0.717) is 6.08 Å². The van der Waals surface area contributed by atoms with E-state index in [4.69, 9.17) is 10.2 Å². The van der Waals surface area contributed by atoms with Gasteiger partial charge in [0.2, 0.25) is 5.91 Å². The van der Waals surface area contributed by atoms with Crippen LogP contribution in [0.4, 0.5) is 5.69 Å². The Bertz CT molecular complexity index is 492. The zero-order valence-electron chi connectivity index (χ0n) is 8.58. The normalized spacial score (nSPS) is 10.1. The van der Waals surface area contributed by atoms with Crippen molar-refractivity contribution in [3.8, 4) is 0 Å². The number of aromatic carboxylic acids is 1. The number of carboxylic acids is 2. The Kier molecular flexibility index (Phi) is 3.99. The van der Waals surface area contributed by atoms with E-state index in [0.717, 1.165) is 6.08 Å². The van der Waals surface area contributed by atoms with Crippen molar-refractivity contribution < 1.29 is 24.6 Å². The van der Waals surface area contributed by atoms with E-state index in [2.05, 4.69) is 5.32 Å². The molecule has 0 spiro atoms. The standard InChI is InChI=1S/C11H9NO5/c13-9(5-6-10(14)15)12-8-4-2-1-3-7(8)11(16)17/h1-6H,(H,12,13)(H,14,15)(H,16,17)/b6-5-. The van der Waals surface area contributed by atoms with E-state index in [1.165, 1.54) is 18.2 Å². The average molecular weight is 235 g/mol. The summed E-state index contributed by atoms with van der Waals surface area (Å²) in [6, 6.07) is 5.82. The van der Waals surface area contributed by atoms with Gasteiger partial charge >= 0.3 is 11.9 Å². The van der Waals surface area contributed by atoms with E-state index >= 15 is 0 Å². The zero-order chi connectivity index (χ0) is 12.8. The summed E-state index contributed by atoms with van der Waals surface area (Å²) in [6.45, 7) is 0. The number of hydrogen-bond acceptors (Lipinski definition) is 3. The molecule has 1 aromatic carbocycles. The number of aliphatic carboxylic acids is 1. The van der Waals surface area contributed by atoms with Gasteiger partial charge in [0.05, 0.1) is 11.3 Å². The van der Waals surface area contributed by atoms with Gasteiger partial charge in [-0.2, -0.15) is 0 Å². The highest BCUT2D eigenvalue weighted by molar-refractivity contribution is 6.06. The molecular weight excluding hydrogens is 226 g/mol. The van der Waals surface area contributed by atoms with Crippen LogP contribution < -0.4 is 5.32 Å². The van der Waals surface area contributed by atoms with Crippen molar-refractivity contribution in [1.29, 1.82) is 0 Å². The minimum atomic E-state index is -1.26. The van der Waals surface area contributed by atoms with Gasteiger partial charge in [-0.05, 0) is 12.1 Å². The summed E-state index contributed by atoms with van der Waals surface area (Å²) in [5.41, 5.74) is 0.0459. The molecule has 6 heteroatoms. The van der Waals surface area contributed by atoms with Crippen LogP contribution in [0.3, 0.4) is 0 Å². The topological polar surface area (TPSA) is 104 Å². The molecule has 0 aliphatic rings. The maximum atomic E-state index is 11.2. The number of anilines is 1. The van der Waals surface area contributed by atoms with Crippen molar-refractivity contribution in [2.75, 3.05) is 5.32 Å². The molecule has 0 unspecified atom stereocenters. The maximum absolute atomic E-state index is 11.2. The van der Waals surface area contributed by atoms with Gasteiger partial charge in [-0.1, -0.05) is 12.1 Å². The van der Waals surface area contributed by atoms with Crippen LogP contribution in [0.25, 0.3) is 0 Å². The summed E-state index contributed by atoms with van der Waals surface area (Å²) < 4.78 is 0. The number of carbonyl (C=O) groups excluding carboxylic acids is 1. The Morgan fingerprint density at radius 1 is 1.06 bits per heavy atom. The second-order valence-corrected chi connectivity index (χ2v) is 3.01. The molecule has 1 aromatic rings. The number of rotatable bonds is 4. The van der Waals surface area contributed by atoms with Crippen LogP contribution in [-0.4, -0.2) is 28.1 Å². The van der Waals surface area contributed by atoms with Gasteiger partial charge in [-0.15, -0.1) is 0 Å². The van der Waals surface area contributed by atoms with E-state index in [1.54, 1.807) is 6.07 Å². The minimum Gasteiger partial charge on any atom is -0.478 e. The van der Waals surface area contributed by atoms with Crippen LogP contribution in [0.1, 0.15) is 10.4 Å². The highest BCUT2D eigenvalue weighted by Gasteiger charge is 2.10. The Morgan fingerprint density at radius 3 is 2.29 bits per heavy atom. The van der Waals surface area contributed by atoms with Crippen LogP contribution >= 0.6 is 0 Å². The summed E-state index contributed by atoms with van der Waals surface area (Å²) in [5, 5.41) is 19.4. The molecule has 17 heavy (non-hydrogen) atoms. The molecule has 0 aromatic heterocycles.